The van der Waals surface area contributed by atoms with Gasteiger partial charge in [0, 0.05) is 15.5 Å². The quantitative estimate of drug-likeness (QED) is 0.816. The molecule has 0 unspecified atom stereocenters. The smallest absolute Gasteiger partial charge is 0.0992 e. The molecule has 2 aromatic carbocycles. The van der Waals surface area contributed by atoms with E-state index < -0.39 is 0 Å². The fourth-order valence-corrected chi connectivity index (χ4v) is 2.32. The van der Waals surface area contributed by atoms with Crippen LogP contribution in [0.25, 0.3) is 0 Å². The summed E-state index contributed by atoms with van der Waals surface area (Å²) >= 11 is 1.58. The third kappa shape index (κ3) is 2.80. The lowest BCUT2D eigenvalue weighted by molar-refractivity contribution is 1.35. The molecule has 0 amide bonds. The fourth-order valence-electron chi connectivity index (χ4n) is 1.43. The molecule has 0 radical (unpaired) electrons. The normalized spacial score (nSPS) is 9.88. The van der Waals surface area contributed by atoms with Crippen molar-refractivity contribution in [2.75, 3.05) is 5.73 Å². The van der Waals surface area contributed by atoms with Gasteiger partial charge in [-0.1, -0.05) is 29.5 Å². The van der Waals surface area contributed by atoms with E-state index in [0.29, 0.717) is 11.3 Å². The van der Waals surface area contributed by atoms with E-state index in [2.05, 4.69) is 37.3 Å². The maximum atomic E-state index is 8.86. The van der Waals surface area contributed by atoms with Crippen molar-refractivity contribution < 1.29 is 0 Å². The minimum absolute atomic E-state index is 0.633. The molecule has 0 aliphatic heterocycles. The number of nitrogens with zero attached hydrogens (tertiary/aromatic N) is 1. The predicted molar refractivity (Wildman–Crippen MR) is 70.9 cm³/mol. The predicted octanol–water partition coefficient (Wildman–Crippen LogP) is 3.60. The van der Waals surface area contributed by atoms with Crippen LogP contribution >= 0.6 is 11.8 Å². The molecule has 0 heterocycles. The third-order valence-corrected chi connectivity index (χ3v) is 3.47. The number of rotatable bonds is 2. The first kappa shape index (κ1) is 11.6. The summed E-state index contributed by atoms with van der Waals surface area (Å²) in [6.45, 7) is 2.05. The first-order chi connectivity index (χ1) is 8.19. The number of nitriles is 1. The number of aryl methyl sites for hydroxylation is 1. The van der Waals surface area contributed by atoms with Crippen LogP contribution in [-0.2, 0) is 0 Å². The van der Waals surface area contributed by atoms with Crippen LogP contribution in [0.2, 0.25) is 0 Å². The topological polar surface area (TPSA) is 49.8 Å². The molecule has 84 valence electrons. The van der Waals surface area contributed by atoms with Crippen LogP contribution in [0.5, 0.6) is 0 Å². The highest BCUT2D eigenvalue weighted by Crippen LogP contribution is 2.32. The summed E-state index contributed by atoms with van der Waals surface area (Å²) in [7, 11) is 0. The highest BCUT2D eigenvalue weighted by molar-refractivity contribution is 7.99. The third-order valence-electron chi connectivity index (χ3n) is 2.39. The molecule has 0 aliphatic rings. The lowest BCUT2D eigenvalue weighted by atomic mass is 10.2. The Morgan fingerprint density at radius 2 is 1.82 bits per heavy atom. The molecular weight excluding hydrogens is 228 g/mol. The van der Waals surface area contributed by atoms with Crippen molar-refractivity contribution in [3.63, 3.8) is 0 Å². The molecule has 0 aliphatic carbocycles. The summed E-state index contributed by atoms with van der Waals surface area (Å²) in [5.74, 6) is 0. The number of anilines is 1. The molecular formula is C14H12N2S. The van der Waals surface area contributed by atoms with Gasteiger partial charge in [0.05, 0.1) is 11.6 Å². The van der Waals surface area contributed by atoms with Crippen molar-refractivity contribution in [1.29, 1.82) is 5.26 Å². The second-order valence-electron chi connectivity index (χ2n) is 3.78. The maximum absolute atomic E-state index is 8.86. The van der Waals surface area contributed by atoms with Gasteiger partial charge in [-0.15, -0.1) is 0 Å². The Balaban J connectivity index is 2.29. The van der Waals surface area contributed by atoms with E-state index in [1.54, 1.807) is 23.9 Å². The Bertz CT molecular complexity index is 568. The first-order valence-electron chi connectivity index (χ1n) is 5.23. The van der Waals surface area contributed by atoms with Crippen LogP contribution in [0.3, 0.4) is 0 Å². The molecule has 2 aromatic rings. The Morgan fingerprint density at radius 1 is 1.12 bits per heavy atom. The summed E-state index contributed by atoms with van der Waals surface area (Å²) in [4.78, 5) is 2.05. The molecule has 2 nitrogen and oxygen atoms in total. The molecule has 0 bridgehead atoms. The monoisotopic (exact) mass is 240 g/mol. The number of hydrogen-bond acceptors (Lipinski definition) is 3. The molecule has 0 saturated heterocycles. The summed E-state index contributed by atoms with van der Waals surface area (Å²) in [5.41, 5.74) is 8.46. The SMILES string of the molecule is Cc1ccc(Sc2cc(C#N)ccc2N)cc1. The van der Waals surface area contributed by atoms with Gasteiger partial charge in [0.25, 0.3) is 0 Å². The average molecular weight is 240 g/mol. The van der Waals surface area contributed by atoms with Crippen molar-refractivity contribution in [2.45, 2.75) is 16.7 Å². The van der Waals surface area contributed by atoms with Gasteiger partial charge in [-0.05, 0) is 37.3 Å². The van der Waals surface area contributed by atoms with Gasteiger partial charge in [-0.25, -0.2) is 0 Å². The van der Waals surface area contributed by atoms with Crippen molar-refractivity contribution in [3.05, 3.63) is 53.6 Å². The second kappa shape index (κ2) is 4.94. The van der Waals surface area contributed by atoms with Crippen LogP contribution in [0, 0.1) is 18.3 Å². The van der Waals surface area contributed by atoms with Gasteiger partial charge >= 0.3 is 0 Å². The zero-order valence-electron chi connectivity index (χ0n) is 9.47. The number of hydrogen-bond donors (Lipinski definition) is 1. The Morgan fingerprint density at radius 3 is 2.47 bits per heavy atom. The van der Waals surface area contributed by atoms with Crippen molar-refractivity contribution in [2.24, 2.45) is 0 Å². The number of nitrogen functional groups attached to an aromatic ring is 1. The van der Waals surface area contributed by atoms with Crippen molar-refractivity contribution in [3.8, 4) is 6.07 Å². The average Bonchev–Trinajstić information content (AvgIpc) is 2.35. The Hall–Kier alpha value is -1.92. The molecule has 0 fully saturated rings. The molecule has 2 N–H and O–H groups in total. The van der Waals surface area contributed by atoms with Crippen molar-refractivity contribution >= 4 is 17.4 Å². The van der Waals surface area contributed by atoms with Crippen LogP contribution in [0.15, 0.2) is 52.3 Å². The Labute approximate surface area is 105 Å². The van der Waals surface area contributed by atoms with E-state index in [0.717, 1.165) is 9.79 Å². The van der Waals surface area contributed by atoms with E-state index in [9.17, 15) is 0 Å². The van der Waals surface area contributed by atoms with Gasteiger partial charge in [0.2, 0.25) is 0 Å². The van der Waals surface area contributed by atoms with E-state index in [1.165, 1.54) is 5.56 Å². The van der Waals surface area contributed by atoms with Gasteiger partial charge < -0.3 is 5.73 Å². The van der Waals surface area contributed by atoms with Crippen LogP contribution in [-0.4, -0.2) is 0 Å². The van der Waals surface area contributed by atoms with Gasteiger partial charge in [0.1, 0.15) is 0 Å². The molecule has 2 rings (SSSR count). The van der Waals surface area contributed by atoms with Crippen LogP contribution in [0.1, 0.15) is 11.1 Å². The molecule has 0 aromatic heterocycles. The highest BCUT2D eigenvalue weighted by atomic mass is 32.2. The lowest BCUT2D eigenvalue weighted by Crippen LogP contribution is -1.89. The summed E-state index contributed by atoms with van der Waals surface area (Å²) in [6.07, 6.45) is 0. The summed E-state index contributed by atoms with van der Waals surface area (Å²) in [5, 5.41) is 8.86. The molecule has 17 heavy (non-hydrogen) atoms. The highest BCUT2D eigenvalue weighted by Gasteiger charge is 2.03. The number of nitrogens with two attached hydrogens (primary N) is 1. The van der Waals surface area contributed by atoms with Gasteiger partial charge in [-0.3, -0.25) is 0 Å². The minimum atomic E-state index is 0.633. The zero-order chi connectivity index (χ0) is 12.3. The van der Waals surface area contributed by atoms with E-state index in [-0.39, 0.29) is 0 Å². The summed E-state index contributed by atoms with van der Waals surface area (Å²) in [6, 6.07) is 15.7. The molecule has 3 heteroatoms. The Kier molecular flexibility index (Phi) is 3.36. The van der Waals surface area contributed by atoms with Crippen LogP contribution < -0.4 is 5.73 Å². The maximum Gasteiger partial charge on any atom is 0.0992 e. The largest absolute Gasteiger partial charge is 0.398 e. The number of benzene rings is 2. The molecule has 0 saturated carbocycles. The van der Waals surface area contributed by atoms with E-state index in [4.69, 9.17) is 11.0 Å². The molecule has 0 spiro atoms. The van der Waals surface area contributed by atoms with Gasteiger partial charge in [0.15, 0.2) is 0 Å². The van der Waals surface area contributed by atoms with E-state index >= 15 is 0 Å². The minimum Gasteiger partial charge on any atom is -0.398 e. The molecule has 0 atom stereocenters. The first-order valence-corrected chi connectivity index (χ1v) is 6.05. The van der Waals surface area contributed by atoms with Crippen molar-refractivity contribution in [1.82, 2.24) is 0 Å². The fraction of sp³-hybridized carbons (Fsp3) is 0.0714. The van der Waals surface area contributed by atoms with Crippen LogP contribution in [0.4, 0.5) is 5.69 Å². The lowest BCUT2D eigenvalue weighted by Gasteiger charge is -2.06. The summed E-state index contributed by atoms with van der Waals surface area (Å²) < 4.78 is 0. The standard InChI is InChI=1S/C14H12N2S/c1-10-2-5-12(6-3-10)17-14-8-11(9-15)4-7-13(14)16/h2-8H,16H2,1H3. The van der Waals surface area contributed by atoms with E-state index in [1.807, 2.05) is 6.07 Å². The second-order valence-corrected chi connectivity index (χ2v) is 4.89. The van der Waals surface area contributed by atoms with Gasteiger partial charge in [-0.2, -0.15) is 5.26 Å². The zero-order valence-corrected chi connectivity index (χ0v) is 10.3.